The summed E-state index contributed by atoms with van der Waals surface area (Å²) in [7, 11) is 3.35. The Morgan fingerprint density at radius 2 is 1.79 bits per heavy atom. The zero-order valence-electron chi connectivity index (χ0n) is 11.3. The molecule has 6 heteroatoms. The largest absolute Gasteiger partial charge is 0.383 e. The van der Waals surface area contributed by atoms with E-state index in [1.165, 1.54) is 0 Å². The van der Waals surface area contributed by atoms with Gasteiger partial charge in [0.25, 0.3) is 0 Å². The molecule has 19 heavy (non-hydrogen) atoms. The van der Waals surface area contributed by atoms with Crippen LogP contribution in [0.3, 0.4) is 0 Å². The van der Waals surface area contributed by atoms with Crippen LogP contribution in [0.4, 0.5) is 13.2 Å². The van der Waals surface area contributed by atoms with Crippen LogP contribution in [0.15, 0.2) is 12.1 Å². The maximum Gasteiger partial charge on any atom is 0.194 e. The van der Waals surface area contributed by atoms with Gasteiger partial charge in [-0.15, -0.1) is 0 Å². The Morgan fingerprint density at radius 1 is 1.26 bits per heavy atom. The number of likely N-dealkylation sites (N-methyl/N-ethyl adjacent to an activating group) is 1. The smallest absolute Gasteiger partial charge is 0.194 e. The van der Waals surface area contributed by atoms with Gasteiger partial charge in [0.2, 0.25) is 0 Å². The number of rotatable bonds is 6. The Kier molecular flexibility index (Phi) is 5.78. The van der Waals surface area contributed by atoms with Crippen LogP contribution in [-0.2, 0) is 4.74 Å². The molecule has 0 radical (unpaired) electrons. The summed E-state index contributed by atoms with van der Waals surface area (Å²) >= 11 is 0. The molecule has 0 heterocycles. The average Bonchev–Trinajstić information content (AvgIpc) is 2.36. The molecule has 2 N–H and O–H groups in total. The number of benzene rings is 1. The molecule has 0 aliphatic carbocycles. The highest BCUT2D eigenvalue weighted by molar-refractivity contribution is 5.23. The van der Waals surface area contributed by atoms with Gasteiger partial charge in [-0.1, -0.05) is 0 Å². The van der Waals surface area contributed by atoms with Crippen LogP contribution in [-0.4, -0.2) is 38.3 Å². The first-order valence-electron chi connectivity index (χ1n) is 5.97. The van der Waals surface area contributed by atoms with Crippen LogP contribution < -0.4 is 5.73 Å². The van der Waals surface area contributed by atoms with E-state index in [9.17, 15) is 13.2 Å². The molecule has 0 aromatic heterocycles. The zero-order valence-corrected chi connectivity index (χ0v) is 11.3. The average molecular weight is 276 g/mol. The Bertz CT molecular complexity index is 405. The van der Waals surface area contributed by atoms with Crippen molar-refractivity contribution in [3.05, 3.63) is 35.1 Å². The lowest BCUT2D eigenvalue weighted by atomic mass is 10.0. The van der Waals surface area contributed by atoms with E-state index in [1.807, 2.05) is 11.8 Å². The van der Waals surface area contributed by atoms with Gasteiger partial charge in [-0.3, -0.25) is 4.90 Å². The van der Waals surface area contributed by atoms with Crippen molar-refractivity contribution in [3.63, 3.8) is 0 Å². The van der Waals surface area contributed by atoms with Crippen LogP contribution >= 0.6 is 0 Å². The van der Waals surface area contributed by atoms with Crippen LogP contribution in [0.2, 0.25) is 0 Å². The first-order valence-corrected chi connectivity index (χ1v) is 5.97. The van der Waals surface area contributed by atoms with Gasteiger partial charge in [-0.25, -0.2) is 13.2 Å². The van der Waals surface area contributed by atoms with E-state index in [0.717, 1.165) is 12.1 Å². The van der Waals surface area contributed by atoms with Crippen molar-refractivity contribution < 1.29 is 17.9 Å². The maximum atomic E-state index is 13.3. The van der Waals surface area contributed by atoms with Crippen molar-refractivity contribution in [2.24, 2.45) is 5.73 Å². The van der Waals surface area contributed by atoms with Gasteiger partial charge in [0.15, 0.2) is 17.5 Å². The molecular formula is C13H19F3N2O. The highest BCUT2D eigenvalue weighted by Gasteiger charge is 2.23. The Labute approximate surface area is 111 Å². The van der Waals surface area contributed by atoms with Crippen molar-refractivity contribution in [2.45, 2.75) is 19.0 Å². The summed E-state index contributed by atoms with van der Waals surface area (Å²) < 4.78 is 44.5. The van der Waals surface area contributed by atoms with Crippen LogP contribution in [0.25, 0.3) is 0 Å². The van der Waals surface area contributed by atoms with Crippen molar-refractivity contribution in [2.75, 3.05) is 27.3 Å². The second-order valence-electron chi connectivity index (χ2n) is 4.52. The summed E-state index contributed by atoms with van der Waals surface area (Å²) in [6, 6.07) is 1.56. The molecular weight excluding hydrogens is 257 g/mol. The van der Waals surface area contributed by atoms with E-state index in [0.29, 0.717) is 12.2 Å². The van der Waals surface area contributed by atoms with Gasteiger partial charge < -0.3 is 10.5 Å². The molecule has 2 atom stereocenters. The molecule has 0 saturated heterocycles. The molecule has 0 bridgehead atoms. The molecule has 1 aromatic carbocycles. The third-order valence-corrected chi connectivity index (χ3v) is 3.21. The summed E-state index contributed by atoms with van der Waals surface area (Å²) in [5.74, 6) is -3.88. The lowest BCUT2D eigenvalue weighted by molar-refractivity contribution is 0.0908. The maximum absolute atomic E-state index is 13.3. The van der Waals surface area contributed by atoms with Crippen LogP contribution in [0, 0.1) is 17.5 Å². The Hall–Kier alpha value is -1.11. The normalized spacial score (nSPS) is 14.7. The molecule has 0 amide bonds. The summed E-state index contributed by atoms with van der Waals surface area (Å²) in [4.78, 5) is 1.84. The zero-order chi connectivity index (χ0) is 14.6. The fraction of sp³-hybridized carbons (Fsp3) is 0.538. The second kappa shape index (κ2) is 6.88. The Morgan fingerprint density at radius 3 is 2.21 bits per heavy atom. The van der Waals surface area contributed by atoms with Crippen molar-refractivity contribution in [3.8, 4) is 0 Å². The third kappa shape index (κ3) is 3.68. The standard InChI is InChI=1S/C13H19F3N2O/c1-8(7-19-3)18(2)12(6-17)9-4-10(14)13(16)11(15)5-9/h4-5,8,12H,6-7,17H2,1-3H3. The number of nitrogens with two attached hydrogens (primary N) is 1. The summed E-state index contributed by atoms with van der Waals surface area (Å²) in [6.45, 7) is 2.52. The topological polar surface area (TPSA) is 38.5 Å². The van der Waals surface area contributed by atoms with E-state index in [1.54, 1.807) is 14.2 Å². The molecule has 0 spiro atoms. The minimum absolute atomic E-state index is 0.00901. The minimum atomic E-state index is -1.47. The fourth-order valence-electron chi connectivity index (χ4n) is 1.97. The second-order valence-corrected chi connectivity index (χ2v) is 4.52. The molecule has 1 rings (SSSR count). The molecule has 1 aromatic rings. The number of ether oxygens (including phenoxy) is 1. The monoisotopic (exact) mass is 276 g/mol. The van der Waals surface area contributed by atoms with E-state index >= 15 is 0 Å². The molecule has 3 nitrogen and oxygen atoms in total. The van der Waals surface area contributed by atoms with E-state index in [2.05, 4.69) is 0 Å². The van der Waals surface area contributed by atoms with Gasteiger partial charge in [0.05, 0.1) is 6.61 Å². The Balaban J connectivity index is 3.03. The van der Waals surface area contributed by atoms with Gasteiger partial charge in [0.1, 0.15) is 0 Å². The number of methoxy groups -OCH3 is 1. The molecule has 2 unspecified atom stereocenters. The van der Waals surface area contributed by atoms with Crippen LogP contribution in [0.5, 0.6) is 0 Å². The summed E-state index contributed by atoms with van der Waals surface area (Å²) in [6.07, 6.45) is 0. The van der Waals surface area contributed by atoms with Gasteiger partial charge >= 0.3 is 0 Å². The molecule has 0 fully saturated rings. The lowest BCUT2D eigenvalue weighted by Crippen LogP contribution is -2.39. The lowest BCUT2D eigenvalue weighted by Gasteiger charge is -2.32. The van der Waals surface area contributed by atoms with Crippen LogP contribution in [0.1, 0.15) is 18.5 Å². The predicted octanol–water partition coefficient (Wildman–Crippen LogP) is 2.07. The van der Waals surface area contributed by atoms with Gasteiger partial charge in [0, 0.05) is 25.7 Å². The van der Waals surface area contributed by atoms with Gasteiger partial charge in [-0.05, 0) is 31.7 Å². The predicted molar refractivity (Wildman–Crippen MR) is 67.2 cm³/mol. The quantitative estimate of drug-likeness (QED) is 0.808. The molecule has 108 valence electrons. The van der Waals surface area contributed by atoms with Crippen molar-refractivity contribution in [1.82, 2.24) is 4.90 Å². The number of hydrogen-bond acceptors (Lipinski definition) is 3. The first-order chi connectivity index (χ1) is 8.92. The highest BCUT2D eigenvalue weighted by atomic mass is 19.2. The third-order valence-electron chi connectivity index (χ3n) is 3.21. The SMILES string of the molecule is COCC(C)N(C)C(CN)c1cc(F)c(F)c(F)c1. The number of halogens is 3. The summed E-state index contributed by atoms with van der Waals surface area (Å²) in [5.41, 5.74) is 5.97. The van der Waals surface area contributed by atoms with Crippen molar-refractivity contribution >= 4 is 0 Å². The van der Waals surface area contributed by atoms with Gasteiger partial charge in [-0.2, -0.15) is 0 Å². The van der Waals surface area contributed by atoms with Crippen molar-refractivity contribution in [1.29, 1.82) is 0 Å². The van der Waals surface area contributed by atoms with E-state index < -0.39 is 23.5 Å². The molecule has 0 aliphatic heterocycles. The number of hydrogen-bond donors (Lipinski definition) is 1. The minimum Gasteiger partial charge on any atom is -0.383 e. The summed E-state index contributed by atoms with van der Waals surface area (Å²) in [5, 5.41) is 0. The van der Waals surface area contributed by atoms with E-state index in [-0.39, 0.29) is 12.6 Å². The number of nitrogens with zero attached hydrogens (tertiary/aromatic N) is 1. The molecule has 0 aliphatic rings. The fourth-order valence-corrected chi connectivity index (χ4v) is 1.97. The first kappa shape index (κ1) is 15.9. The van der Waals surface area contributed by atoms with E-state index in [4.69, 9.17) is 10.5 Å². The highest BCUT2D eigenvalue weighted by Crippen LogP contribution is 2.24. The molecule has 0 saturated carbocycles.